The van der Waals surface area contributed by atoms with Crippen LogP contribution in [0.15, 0.2) is 22.9 Å². The number of carbonyl (C=O) groups is 1. The minimum Gasteiger partial charge on any atom is -0.339 e. The summed E-state index contributed by atoms with van der Waals surface area (Å²) in [4.78, 5) is 22.3. The van der Waals surface area contributed by atoms with Crippen LogP contribution >= 0.6 is 0 Å². The second-order valence-corrected chi connectivity index (χ2v) is 5.15. The highest BCUT2D eigenvalue weighted by Gasteiger charge is 2.30. The van der Waals surface area contributed by atoms with Gasteiger partial charge in [-0.15, -0.1) is 0 Å². The number of aromatic nitrogens is 3. The summed E-state index contributed by atoms with van der Waals surface area (Å²) in [6, 6.07) is 3.68. The zero-order valence-electron chi connectivity index (χ0n) is 11.5. The van der Waals surface area contributed by atoms with Gasteiger partial charge in [0, 0.05) is 19.2 Å². The lowest BCUT2D eigenvalue weighted by molar-refractivity contribution is 0.0774. The Hall–Kier alpha value is -2.24. The molecule has 20 heavy (non-hydrogen) atoms. The molecular formula is C14H16N4O2. The Bertz CT molecular complexity index is 634. The number of pyridine rings is 1. The summed E-state index contributed by atoms with van der Waals surface area (Å²) in [6.45, 7) is 2.19. The second-order valence-electron chi connectivity index (χ2n) is 5.15. The fraction of sp³-hybridized carbons (Fsp3) is 0.429. The van der Waals surface area contributed by atoms with Gasteiger partial charge in [-0.2, -0.15) is 4.98 Å². The fourth-order valence-corrected chi connectivity index (χ4v) is 2.00. The molecule has 0 aliphatic heterocycles. The van der Waals surface area contributed by atoms with Crippen LogP contribution in [0.1, 0.15) is 46.5 Å². The minimum absolute atomic E-state index is 0.138. The lowest BCUT2D eigenvalue weighted by Crippen LogP contribution is -2.28. The van der Waals surface area contributed by atoms with Gasteiger partial charge in [-0.3, -0.25) is 9.78 Å². The number of nitrogens with zero attached hydrogens (tertiary/aromatic N) is 4. The van der Waals surface area contributed by atoms with E-state index >= 15 is 0 Å². The van der Waals surface area contributed by atoms with Gasteiger partial charge in [0.2, 0.25) is 5.89 Å². The molecule has 0 unspecified atom stereocenters. The van der Waals surface area contributed by atoms with Crippen molar-refractivity contribution in [1.29, 1.82) is 0 Å². The Balaban J connectivity index is 1.70. The van der Waals surface area contributed by atoms with Crippen LogP contribution in [0.3, 0.4) is 0 Å². The zero-order valence-corrected chi connectivity index (χ0v) is 11.5. The molecule has 1 aliphatic rings. The predicted octanol–water partition coefficient (Wildman–Crippen LogP) is 1.92. The van der Waals surface area contributed by atoms with Crippen molar-refractivity contribution in [2.45, 2.75) is 32.2 Å². The second kappa shape index (κ2) is 5.03. The van der Waals surface area contributed by atoms with Crippen molar-refractivity contribution in [3.8, 4) is 0 Å². The molecule has 1 amide bonds. The molecule has 1 saturated carbocycles. The standard InChI is InChI=1S/C14H16N4O2/c1-9-4-3-7-15-12(9)14(19)18(2)8-11-16-13(20-17-11)10-5-6-10/h3-4,7,10H,5-6,8H2,1-2H3. The van der Waals surface area contributed by atoms with Crippen molar-refractivity contribution in [3.63, 3.8) is 0 Å². The average Bonchev–Trinajstić information content (AvgIpc) is 3.19. The molecule has 0 spiro atoms. The van der Waals surface area contributed by atoms with E-state index in [2.05, 4.69) is 15.1 Å². The molecule has 0 aromatic carbocycles. The van der Waals surface area contributed by atoms with Crippen molar-refractivity contribution in [1.82, 2.24) is 20.0 Å². The van der Waals surface area contributed by atoms with Gasteiger partial charge >= 0.3 is 0 Å². The number of rotatable bonds is 4. The first-order chi connectivity index (χ1) is 9.65. The summed E-state index contributed by atoms with van der Waals surface area (Å²) in [7, 11) is 1.71. The van der Waals surface area contributed by atoms with Gasteiger partial charge in [-0.1, -0.05) is 11.2 Å². The van der Waals surface area contributed by atoms with Gasteiger partial charge in [0.25, 0.3) is 5.91 Å². The van der Waals surface area contributed by atoms with Crippen molar-refractivity contribution in [3.05, 3.63) is 41.3 Å². The molecule has 2 aromatic heterocycles. The van der Waals surface area contributed by atoms with Crippen LogP contribution < -0.4 is 0 Å². The summed E-state index contributed by atoms with van der Waals surface area (Å²) in [5, 5.41) is 3.92. The SMILES string of the molecule is Cc1cccnc1C(=O)N(C)Cc1noc(C2CC2)n1. The molecule has 6 nitrogen and oxygen atoms in total. The van der Waals surface area contributed by atoms with Gasteiger partial charge in [-0.05, 0) is 31.4 Å². The maximum Gasteiger partial charge on any atom is 0.272 e. The summed E-state index contributed by atoms with van der Waals surface area (Å²) in [5.74, 6) is 1.52. The Morgan fingerprint density at radius 3 is 3.00 bits per heavy atom. The Labute approximate surface area is 116 Å². The molecule has 104 valence electrons. The van der Waals surface area contributed by atoms with Crippen LogP contribution in [-0.4, -0.2) is 33.0 Å². The zero-order chi connectivity index (χ0) is 14.1. The molecule has 0 atom stereocenters. The number of amides is 1. The maximum absolute atomic E-state index is 12.3. The van der Waals surface area contributed by atoms with Gasteiger partial charge < -0.3 is 9.42 Å². The Morgan fingerprint density at radius 1 is 1.50 bits per heavy atom. The van der Waals surface area contributed by atoms with Crippen LogP contribution in [-0.2, 0) is 6.54 Å². The van der Waals surface area contributed by atoms with Crippen LogP contribution in [0.2, 0.25) is 0 Å². The molecule has 0 N–H and O–H groups in total. The lowest BCUT2D eigenvalue weighted by Gasteiger charge is -2.15. The predicted molar refractivity (Wildman–Crippen MR) is 71.0 cm³/mol. The summed E-state index contributed by atoms with van der Waals surface area (Å²) in [6.07, 6.45) is 3.85. The number of carbonyl (C=O) groups excluding carboxylic acids is 1. The summed E-state index contributed by atoms with van der Waals surface area (Å²) in [5.41, 5.74) is 1.32. The van der Waals surface area contributed by atoms with E-state index in [1.807, 2.05) is 19.1 Å². The quantitative estimate of drug-likeness (QED) is 0.850. The van der Waals surface area contributed by atoms with E-state index in [4.69, 9.17) is 4.52 Å². The Morgan fingerprint density at radius 2 is 2.30 bits per heavy atom. The van der Waals surface area contributed by atoms with Gasteiger partial charge in [0.1, 0.15) is 5.69 Å². The van der Waals surface area contributed by atoms with Crippen molar-refractivity contribution >= 4 is 5.91 Å². The van der Waals surface area contributed by atoms with Crippen molar-refractivity contribution < 1.29 is 9.32 Å². The normalized spacial score (nSPS) is 14.3. The minimum atomic E-state index is -0.138. The summed E-state index contributed by atoms with van der Waals surface area (Å²) >= 11 is 0. The van der Waals surface area contributed by atoms with Gasteiger partial charge in [-0.25, -0.2) is 0 Å². The third-order valence-electron chi connectivity index (χ3n) is 3.35. The van der Waals surface area contributed by atoms with E-state index < -0.39 is 0 Å². The third-order valence-corrected chi connectivity index (χ3v) is 3.35. The molecule has 6 heteroatoms. The van der Waals surface area contributed by atoms with E-state index in [-0.39, 0.29) is 5.91 Å². The lowest BCUT2D eigenvalue weighted by atomic mass is 10.2. The largest absolute Gasteiger partial charge is 0.339 e. The fourth-order valence-electron chi connectivity index (χ4n) is 2.00. The smallest absolute Gasteiger partial charge is 0.272 e. The van der Waals surface area contributed by atoms with Crippen molar-refractivity contribution in [2.75, 3.05) is 7.05 Å². The van der Waals surface area contributed by atoms with Crippen LogP contribution in [0.25, 0.3) is 0 Å². The van der Waals surface area contributed by atoms with E-state index in [0.29, 0.717) is 29.9 Å². The topological polar surface area (TPSA) is 72.1 Å². The first-order valence-electron chi connectivity index (χ1n) is 6.64. The number of aryl methyl sites for hydroxylation is 1. The molecule has 0 radical (unpaired) electrons. The number of hydrogen-bond acceptors (Lipinski definition) is 5. The third kappa shape index (κ3) is 2.54. The van der Waals surface area contributed by atoms with Crippen LogP contribution in [0, 0.1) is 6.92 Å². The molecule has 3 rings (SSSR count). The highest BCUT2D eigenvalue weighted by atomic mass is 16.5. The molecule has 0 saturated heterocycles. The summed E-state index contributed by atoms with van der Waals surface area (Å²) < 4.78 is 5.18. The van der Waals surface area contributed by atoms with Gasteiger partial charge in [0.15, 0.2) is 5.82 Å². The number of hydrogen-bond donors (Lipinski definition) is 0. The molecule has 1 aliphatic carbocycles. The molecule has 2 aromatic rings. The van der Waals surface area contributed by atoms with Crippen molar-refractivity contribution in [2.24, 2.45) is 0 Å². The molecule has 2 heterocycles. The van der Waals surface area contributed by atoms with Crippen LogP contribution in [0.4, 0.5) is 0 Å². The first kappa shape index (κ1) is 12.8. The van der Waals surface area contributed by atoms with Gasteiger partial charge in [0.05, 0.1) is 6.54 Å². The van der Waals surface area contributed by atoms with E-state index in [1.165, 1.54) is 0 Å². The van der Waals surface area contributed by atoms with E-state index in [0.717, 1.165) is 18.4 Å². The average molecular weight is 272 g/mol. The Kier molecular flexibility index (Phi) is 3.22. The first-order valence-corrected chi connectivity index (χ1v) is 6.64. The highest BCUT2D eigenvalue weighted by Crippen LogP contribution is 2.38. The molecule has 1 fully saturated rings. The van der Waals surface area contributed by atoms with Crippen LogP contribution in [0.5, 0.6) is 0 Å². The monoisotopic (exact) mass is 272 g/mol. The molecule has 0 bridgehead atoms. The van der Waals surface area contributed by atoms with E-state index in [1.54, 1.807) is 18.1 Å². The maximum atomic E-state index is 12.3. The highest BCUT2D eigenvalue weighted by molar-refractivity contribution is 5.93. The molecular weight excluding hydrogens is 256 g/mol. The van der Waals surface area contributed by atoms with E-state index in [9.17, 15) is 4.79 Å².